The molecule has 0 spiro atoms. The predicted molar refractivity (Wildman–Crippen MR) is 50.3 cm³/mol. The summed E-state index contributed by atoms with van der Waals surface area (Å²) in [7, 11) is 0. The Balaban J connectivity index is 0.00000121. The van der Waals surface area contributed by atoms with Crippen LogP contribution in [0, 0.1) is 48.4 Å². The average Bonchev–Trinajstić information content (AvgIpc) is 1.86. The van der Waals surface area contributed by atoms with Crippen LogP contribution < -0.4 is 0 Å². The third kappa shape index (κ3) is 3.84. The minimum Gasteiger partial charge on any atom is -0.317 e. The number of hydrogen-bond donors (Lipinski definition) is 0. The second-order valence-electron chi connectivity index (χ2n) is 5.10. The van der Waals surface area contributed by atoms with Gasteiger partial charge in [0.1, 0.15) is 0 Å². The average molecular weight is 391 g/mol. The fourth-order valence-corrected chi connectivity index (χ4v) is 1.98. The van der Waals surface area contributed by atoms with Crippen LogP contribution in [-0.2, 0) is 0 Å². The van der Waals surface area contributed by atoms with Crippen LogP contribution >= 0.6 is 0 Å². The van der Waals surface area contributed by atoms with Gasteiger partial charge in [0, 0.05) is 31.1 Å². The monoisotopic (exact) mass is 391 g/mol. The maximum Gasteiger partial charge on any atom is 0 e. The Morgan fingerprint density at radius 3 is 1.83 bits per heavy atom. The Kier molecular flexibility index (Phi) is 5.51. The molecule has 0 saturated heterocycles. The largest absolute Gasteiger partial charge is 0.317 e. The van der Waals surface area contributed by atoms with Crippen molar-refractivity contribution in [3.63, 3.8) is 0 Å². The fourth-order valence-electron chi connectivity index (χ4n) is 1.98. The Morgan fingerprint density at radius 1 is 1.08 bits per heavy atom. The molecule has 0 nitrogen and oxygen atoms in total. The Bertz CT molecular complexity index is 115. The first-order valence-corrected chi connectivity index (χ1v) is 4.81. The third-order valence-corrected chi connectivity index (χ3v) is 3.06. The maximum absolute atomic E-state index is 2.37. The van der Waals surface area contributed by atoms with Crippen molar-refractivity contribution < 1.29 is 31.1 Å². The summed E-state index contributed by atoms with van der Waals surface area (Å²) in [5.41, 5.74) is 0.542. The van der Waals surface area contributed by atoms with Crippen LogP contribution in [0.3, 0.4) is 0 Å². The molecule has 0 bridgehead atoms. The summed E-state index contributed by atoms with van der Waals surface area (Å²) in [4.78, 5) is 0. The van der Waals surface area contributed by atoms with Crippen molar-refractivity contribution in [1.29, 1.82) is 0 Å². The Hall–Kier alpha value is 1.05. The van der Waals surface area contributed by atoms with Gasteiger partial charge in [-0.05, 0) is 11.3 Å². The van der Waals surface area contributed by atoms with E-state index >= 15 is 0 Å². The molecule has 0 aromatic rings. The van der Waals surface area contributed by atoms with Crippen LogP contribution in [-0.4, -0.2) is 0 Å². The van der Waals surface area contributed by atoms with Gasteiger partial charge in [-0.3, -0.25) is 0 Å². The standard InChI is InChI=1S/C11H21.U/c1-9-5-7-10(8-6-9)11(2,3)4;/h10H,5-8H2,1-4H3;/q-1;. The van der Waals surface area contributed by atoms with E-state index in [0.29, 0.717) is 5.41 Å². The van der Waals surface area contributed by atoms with Gasteiger partial charge in [0.15, 0.2) is 0 Å². The van der Waals surface area contributed by atoms with Crippen LogP contribution in [0.25, 0.3) is 0 Å². The normalized spacial score (nSPS) is 22.0. The zero-order valence-corrected chi connectivity index (χ0v) is 13.1. The van der Waals surface area contributed by atoms with E-state index in [1.54, 1.807) is 5.92 Å². The molecule has 0 radical (unpaired) electrons. The zero-order chi connectivity index (χ0) is 8.48. The van der Waals surface area contributed by atoms with Crippen molar-refractivity contribution in [2.45, 2.75) is 53.4 Å². The first-order chi connectivity index (χ1) is 5.00. The van der Waals surface area contributed by atoms with Crippen LogP contribution in [0.2, 0.25) is 0 Å². The van der Waals surface area contributed by atoms with Crippen LogP contribution in [0.4, 0.5) is 0 Å². The Labute approximate surface area is 101 Å². The van der Waals surface area contributed by atoms with Crippen LogP contribution in [0.5, 0.6) is 0 Å². The van der Waals surface area contributed by atoms with Gasteiger partial charge in [-0.15, -0.1) is 0 Å². The zero-order valence-electron chi connectivity index (χ0n) is 8.91. The van der Waals surface area contributed by atoms with E-state index in [2.05, 4.69) is 27.7 Å². The summed E-state index contributed by atoms with van der Waals surface area (Å²) in [6, 6.07) is 0. The van der Waals surface area contributed by atoms with Gasteiger partial charge in [-0.25, -0.2) is 0 Å². The van der Waals surface area contributed by atoms with E-state index in [0.717, 1.165) is 5.92 Å². The van der Waals surface area contributed by atoms with E-state index in [9.17, 15) is 0 Å². The molecule has 70 valence electrons. The maximum atomic E-state index is 2.37. The van der Waals surface area contributed by atoms with E-state index in [4.69, 9.17) is 0 Å². The second-order valence-corrected chi connectivity index (χ2v) is 5.10. The topological polar surface area (TPSA) is 0 Å². The summed E-state index contributed by atoms with van der Waals surface area (Å²) in [6.45, 7) is 9.42. The summed E-state index contributed by atoms with van der Waals surface area (Å²) in [5.74, 6) is 2.68. The summed E-state index contributed by atoms with van der Waals surface area (Å²) in [6.07, 6.45) is 5.61. The quantitative estimate of drug-likeness (QED) is 0.551. The molecule has 12 heavy (non-hydrogen) atoms. The van der Waals surface area contributed by atoms with E-state index in [1.165, 1.54) is 25.7 Å². The first kappa shape index (κ1) is 13.1. The van der Waals surface area contributed by atoms with Gasteiger partial charge in [-0.1, -0.05) is 33.6 Å². The number of hydrogen-bond acceptors (Lipinski definition) is 0. The molecule has 1 fully saturated rings. The van der Waals surface area contributed by atoms with E-state index < -0.39 is 0 Å². The van der Waals surface area contributed by atoms with Crippen molar-refractivity contribution >= 4 is 0 Å². The van der Waals surface area contributed by atoms with Crippen molar-refractivity contribution in [3.05, 3.63) is 5.92 Å². The third-order valence-electron chi connectivity index (χ3n) is 3.06. The smallest absolute Gasteiger partial charge is 0 e. The molecule has 0 unspecified atom stereocenters. The van der Waals surface area contributed by atoms with Gasteiger partial charge >= 0.3 is 0 Å². The minimum absolute atomic E-state index is 0. The molecule has 0 aromatic carbocycles. The van der Waals surface area contributed by atoms with Crippen LogP contribution in [0.15, 0.2) is 0 Å². The molecule has 1 saturated carbocycles. The van der Waals surface area contributed by atoms with Gasteiger partial charge < -0.3 is 5.92 Å². The molecule has 0 aliphatic heterocycles. The van der Waals surface area contributed by atoms with E-state index in [-0.39, 0.29) is 31.1 Å². The molecule has 0 heterocycles. The molecule has 1 heteroatoms. The van der Waals surface area contributed by atoms with Gasteiger partial charge in [0.25, 0.3) is 0 Å². The second kappa shape index (κ2) is 5.06. The van der Waals surface area contributed by atoms with Gasteiger partial charge in [-0.2, -0.15) is 19.8 Å². The molecule has 1 rings (SSSR count). The molecule has 1 aliphatic carbocycles. The van der Waals surface area contributed by atoms with Gasteiger partial charge in [0.05, 0.1) is 0 Å². The Morgan fingerprint density at radius 2 is 1.50 bits per heavy atom. The fraction of sp³-hybridized carbons (Fsp3) is 0.909. The predicted octanol–water partition coefficient (Wildman–Crippen LogP) is 3.82. The van der Waals surface area contributed by atoms with Crippen LogP contribution in [0.1, 0.15) is 53.4 Å². The molecular weight excluding hydrogens is 370 g/mol. The summed E-state index contributed by atoms with van der Waals surface area (Å²) in [5, 5.41) is 0. The molecule has 0 atom stereocenters. The van der Waals surface area contributed by atoms with E-state index in [1.807, 2.05) is 0 Å². The SMILES string of the molecule is C[C-]1CCC(C(C)(C)C)CC1.[U]. The molecule has 0 N–H and O–H groups in total. The molecule has 0 aromatic heterocycles. The molecule has 0 amide bonds. The molecular formula is C11H21U-. The summed E-state index contributed by atoms with van der Waals surface area (Å²) < 4.78 is 0. The van der Waals surface area contributed by atoms with Crippen molar-refractivity contribution in [2.75, 3.05) is 0 Å². The van der Waals surface area contributed by atoms with Crippen molar-refractivity contribution in [3.8, 4) is 0 Å². The summed E-state index contributed by atoms with van der Waals surface area (Å²) >= 11 is 0. The first-order valence-electron chi connectivity index (χ1n) is 4.81. The van der Waals surface area contributed by atoms with Crippen molar-refractivity contribution in [1.82, 2.24) is 0 Å². The van der Waals surface area contributed by atoms with Crippen molar-refractivity contribution in [2.24, 2.45) is 11.3 Å². The number of rotatable bonds is 0. The minimum atomic E-state index is 0. The molecule has 1 aliphatic rings. The van der Waals surface area contributed by atoms with Gasteiger partial charge in [0.2, 0.25) is 0 Å².